The molecule has 0 aromatic carbocycles. The van der Waals surface area contributed by atoms with Crippen LogP contribution in [0.15, 0.2) is 6.07 Å². The molecule has 2 heterocycles. The third kappa shape index (κ3) is 2.91. The second-order valence-electron chi connectivity index (χ2n) is 6.40. The molecule has 24 heavy (non-hydrogen) atoms. The molecule has 0 N–H and O–H groups in total. The summed E-state index contributed by atoms with van der Waals surface area (Å²) in [5.41, 5.74) is -1.22. The lowest BCUT2D eigenvalue weighted by molar-refractivity contribution is -0.141. The lowest BCUT2D eigenvalue weighted by atomic mass is 10.2. The molecule has 2 atom stereocenters. The van der Waals surface area contributed by atoms with Crippen LogP contribution in [-0.4, -0.2) is 52.6 Å². The highest BCUT2D eigenvalue weighted by Crippen LogP contribution is 2.38. The summed E-state index contributed by atoms with van der Waals surface area (Å²) in [7, 11) is -3.29. The Bertz CT molecular complexity index is 768. The van der Waals surface area contributed by atoms with E-state index < -0.39 is 38.9 Å². The molecule has 1 saturated heterocycles. The normalized spacial score (nSPS) is 27.3. The van der Waals surface area contributed by atoms with E-state index in [1.165, 1.54) is 11.8 Å². The number of carbonyl (C=O) groups excluding carboxylic acids is 1. The molecule has 2 fully saturated rings. The van der Waals surface area contributed by atoms with E-state index in [-0.39, 0.29) is 24.0 Å². The molecule has 1 aliphatic heterocycles. The van der Waals surface area contributed by atoms with Gasteiger partial charge >= 0.3 is 6.18 Å². The van der Waals surface area contributed by atoms with E-state index in [9.17, 15) is 26.4 Å². The Morgan fingerprint density at radius 1 is 1.29 bits per heavy atom. The Morgan fingerprint density at radius 3 is 2.46 bits per heavy atom. The smallest absolute Gasteiger partial charge is 0.332 e. The maximum Gasteiger partial charge on any atom is 0.435 e. The second kappa shape index (κ2) is 5.47. The molecule has 134 valence electrons. The third-order valence-corrected chi connectivity index (χ3v) is 7.03. The fourth-order valence-electron chi connectivity index (χ4n) is 2.89. The number of rotatable bonds is 2. The number of nitrogens with zero attached hydrogens (tertiary/aromatic N) is 3. The molecule has 0 spiro atoms. The number of sulfone groups is 1. The van der Waals surface area contributed by atoms with Gasteiger partial charge in [0.25, 0.3) is 5.91 Å². The molecule has 6 nitrogen and oxygen atoms in total. The molecule has 2 aliphatic rings. The Morgan fingerprint density at radius 2 is 1.92 bits per heavy atom. The molecule has 1 aliphatic carbocycles. The number of halogens is 3. The molecule has 0 radical (unpaired) electrons. The van der Waals surface area contributed by atoms with E-state index >= 15 is 0 Å². The number of alkyl halides is 3. The van der Waals surface area contributed by atoms with E-state index in [1.54, 1.807) is 6.92 Å². The van der Waals surface area contributed by atoms with E-state index in [1.807, 2.05) is 0 Å². The first-order valence-electron chi connectivity index (χ1n) is 7.71. The summed E-state index contributed by atoms with van der Waals surface area (Å²) in [4.78, 5) is 14.1. The first-order chi connectivity index (χ1) is 11.0. The number of aromatic nitrogens is 2. The quantitative estimate of drug-likeness (QED) is 0.802. The van der Waals surface area contributed by atoms with Gasteiger partial charge in [-0.05, 0) is 26.7 Å². The number of amides is 1. The number of hydrogen-bond donors (Lipinski definition) is 0. The Labute approximate surface area is 137 Å². The predicted molar refractivity (Wildman–Crippen MR) is 79.2 cm³/mol. The van der Waals surface area contributed by atoms with Crippen molar-refractivity contribution >= 4 is 15.7 Å². The average molecular weight is 365 g/mol. The Kier molecular flexibility index (Phi) is 3.93. The Balaban J connectivity index is 1.94. The molecule has 1 aromatic rings. The van der Waals surface area contributed by atoms with Gasteiger partial charge in [0.2, 0.25) is 0 Å². The molecular formula is C14H18F3N3O3S. The van der Waals surface area contributed by atoms with Crippen LogP contribution in [0.5, 0.6) is 0 Å². The summed E-state index contributed by atoms with van der Waals surface area (Å²) in [5.74, 6) is -0.785. The SMILES string of the molecule is CC1C(C)S(=O)(=O)CCN1C(=O)c1cc(C(F)(F)F)nn1C1CC1. The Hall–Kier alpha value is -1.58. The maximum atomic E-state index is 12.9. The zero-order valence-corrected chi connectivity index (χ0v) is 14.1. The van der Waals surface area contributed by atoms with E-state index in [0.717, 1.165) is 10.7 Å². The van der Waals surface area contributed by atoms with Gasteiger partial charge in [-0.1, -0.05) is 0 Å². The van der Waals surface area contributed by atoms with Crippen molar-refractivity contribution in [2.45, 2.75) is 50.2 Å². The third-order valence-electron chi connectivity index (χ3n) is 4.75. The molecule has 1 saturated carbocycles. The summed E-state index contributed by atoms with van der Waals surface area (Å²) in [5, 5.41) is 2.80. The summed E-state index contributed by atoms with van der Waals surface area (Å²) in [6, 6.07) is -0.0318. The van der Waals surface area contributed by atoms with Crippen molar-refractivity contribution in [1.82, 2.24) is 14.7 Å². The van der Waals surface area contributed by atoms with Crippen LogP contribution in [-0.2, 0) is 16.0 Å². The van der Waals surface area contributed by atoms with Crippen LogP contribution in [0, 0.1) is 0 Å². The average Bonchev–Trinajstić information content (AvgIpc) is 3.21. The van der Waals surface area contributed by atoms with Gasteiger partial charge in [-0.25, -0.2) is 8.42 Å². The van der Waals surface area contributed by atoms with Crippen molar-refractivity contribution in [2.75, 3.05) is 12.3 Å². The molecule has 2 unspecified atom stereocenters. The number of hydrogen-bond acceptors (Lipinski definition) is 4. The predicted octanol–water partition coefficient (Wildman–Crippen LogP) is 1.88. The van der Waals surface area contributed by atoms with E-state index in [2.05, 4.69) is 5.10 Å². The van der Waals surface area contributed by atoms with Crippen molar-refractivity contribution < 1.29 is 26.4 Å². The van der Waals surface area contributed by atoms with Crippen molar-refractivity contribution in [1.29, 1.82) is 0 Å². The minimum absolute atomic E-state index is 0.0239. The van der Waals surface area contributed by atoms with Crippen LogP contribution in [0.2, 0.25) is 0 Å². The fourth-order valence-corrected chi connectivity index (χ4v) is 4.46. The highest BCUT2D eigenvalue weighted by molar-refractivity contribution is 7.92. The van der Waals surface area contributed by atoms with Crippen LogP contribution >= 0.6 is 0 Å². The van der Waals surface area contributed by atoms with Crippen LogP contribution in [0.25, 0.3) is 0 Å². The largest absolute Gasteiger partial charge is 0.435 e. The monoisotopic (exact) mass is 365 g/mol. The maximum absolute atomic E-state index is 12.9. The van der Waals surface area contributed by atoms with Crippen LogP contribution in [0.3, 0.4) is 0 Å². The summed E-state index contributed by atoms with van der Waals surface area (Å²) >= 11 is 0. The van der Waals surface area contributed by atoms with Gasteiger partial charge in [-0.3, -0.25) is 9.48 Å². The van der Waals surface area contributed by atoms with Gasteiger partial charge in [-0.15, -0.1) is 0 Å². The lowest BCUT2D eigenvalue weighted by Gasteiger charge is -2.37. The topological polar surface area (TPSA) is 72.3 Å². The first-order valence-corrected chi connectivity index (χ1v) is 9.43. The van der Waals surface area contributed by atoms with Gasteiger partial charge in [0, 0.05) is 18.7 Å². The van der Waals surface area contributed by atoms with Crippen molar-refractivity contribution in [3.8, 4) is 0 Å². The zero-order chi connectivity index (χ0) is 17.9. The lowest BCUT2D eigenvalue weighted by Crippen LogP contribution is -2.54. The van der Waals surface area contributed by atoms with Crippen molar-refractivity contribution in [3.05, 3.63) is 17.5 Å². The zero-order valence-electron chi connectivity index (χ0n) is 13.2. The minimum Gasteiger partial charge on any atom is -0.332 e. The minimum atomic E-state index is -4.63. The van der Waals surface area contributed by atoms with Crippen molar-refractivity contribution in [3.63, 3.8) is 0 Å². The summed E-state index contributed by atoms with van der Waals surface area (Å²) in [6.07, 6.45) is -3.27. The first kappa shape index (κ1) is 17.2. The molecule has 10 heteroatoms. The van der Waals surface area contributed by atoms with Crippen molar-refractivity contribution in [2.24, 2.45) is 0 Å². The summed E-state index contributed by atoms with van der Waals surface area (Å²) < 4.78 is 63.8. The second-order valence-corrected chi connectivity index (χ2v) is 8.88. The molecule has 1 aromatic heterocycles. The van der Waals surface area contributed by atoms with Gasteiger partial charge in [0.15, 0.2) is 15.5 Å². The molecule has 0 bridgehead atoms. The molecule has 3 rings (SSSR count). The highest BCUT2D eigenvalue weighted by atomic mass is 32.2. The highest BCUT2D eigenvalue weighted by Gasteiger charge is 2.42. The summed E-state index contributed by atoms with van der Waals surface area (Å²) in [6.45, 7) is 3.09. The fraction of sp³-hybridized carbons (Fsp3) is 0.714. The van der Waals surface area contributed by atoms with Crippen LogP contribution in [0.4, 0.5) is 13.2 Å². The molecule has 1 amide bonds. The van der Waals surface area contributed by atoms with Crippen LogP contribution < -0.4 is 0 Å². The van der Waals surface area contributed by atoms with Gasteiger partial charge in [0.05, 0.1) is 17.0 Å². The van der Waals surface area contributed by atoms with Crippen LogP contribution in [0.1, 0.15) is 48.9 Å². The van der Waals surface area contributed by atoms with Gasteiger partial charge in [0.1, 0.15) is 5.69 Å². The van der Waals surface area contributed by atoms with E-state index in [4.69, 9.17) is 0 Å². The molecular weight excluding hydrogens is 347 g/mol. The van der Waals surface area contributed by atoms with Gasteiger partial charge in [-0.2, -0.15) is 18.3 Å². The number of carbonyl (C=O) groups is 1. The van der Waals surface area contributed by atoms with Gasteiger partial charge < -0.3 is 4.90 Å². The standard InChI is InChI=1S/C14H18F3N3O3S/c1-8-9(2)24(22,23)6-5-19(8)13(21)11-7-12(14(15,16)17)18-20(11)10-3-4-10/h7-10H,3-6H2,1-2H3. The van der Waals surface area contributed by atoms with E-state index in [0.29, 0.717) is 12.8 Å².